The van der Waals surface area contributed by atoms with Crippen LogP contribution in [0.4, 0.5) is 13.2 Å². The molecular formula is C15H17BrF3NO. The van der Waals surface area contributed by atoms with Crippen molar-refractivity contribution in [3.05, 3.63) is 33.8 Å². The molecule has 6 heteroatoms. The van der Waals surface area contributed by atoms with E-state index in [1.807, 2.05) is 6.92 Å². The highest BCUT2D eigenvalue weighted by Crippen LogP contribution is 2.36. The van der Waals surface area contributed by atoms with E-state index in [2.05, 4.69) is 15.9 Å². The van der Waals surface area contributed by atoms with Crippen LogP contribution in [0, 0.1) is 12.8 Å². The first-order valence-corrected chi connectivity index (χ1v) is 7.62. The summed E-state index contributed by atoms with van der Waals surface area (Å²) in [4.78, 5) is 13.4. The van der Waals surface area contributed by atoms with Crippen LogP contribution in [0.15, 0.2) is 22.7 Å². The molecule has 0 heterocycles. The van der Waals surface area contributed by atoms with Crippen molar-refractivity contribution in [1.29, 1.82) is 0 Å². The van der Waals surface area contributed by atoms with Crippen molar-refractivity contribution in [3.63, 3.8) is 0 Å². The van der Waals surface area contributed by atoms with E-state index in [1.54, 1.807) is 25.1 Å². The second-order valence-corrected chi connectivity index (χ2v) is 6.44. The number of nitrogens with zero attached hydrogens (tertiary/aromatic N) is 1. The molecule has 1 unspecified atom stereocenters. The van der Waals surface area contributed by atoms with Gasteiger partial charge in [-0.3, -0.25) is 4.79 Å². The smallest absolute Gasteiger partial charge is 0.327 e. The number of rotatable bonds is 4. The third kappa shape index (κ3) is 4.22. The Balaban J connectivity index is 2.25. The fraction of sp³-hybridized carbons (Fsp3) is 0.533. The fourth-order valence-electron chi connectivity index (χ4n) is 2.32. The standard InChI is InChI=1S/C15H17BrF3NO/c1-9-3-4-12(7-13(9)16)14(21)20(8-15(17,18)19)10(2)11-5-6-11/h3-4,7,10-11H,5-6,8H2,1-2H3. The van der Waals surface area contributed by atoms with Crippen molar-refractivity contribution < 1.29 is 18.0 Å². The molecule has 1 saturated carbocycles. The maximum Gasteiger partial charge on any atom is 0.406 e. The minimum absolute atomic E-state index is 0.185. The molecule has 1 aromatic carbocycles. The first kappa shape index (κ1) is 16.3. The summed E-state index contributed by atoms with van der Waals surface area (Å²) in [6, 6.07) is 4.50. The van der Waals surface area contributed by atoms with Crippen molar-refractivity contribution >= 4 is 21.8 Å². The van der Waals surface area contributed by atoms with Crippen LogP contribution in [-0.4, -0.2) is 29.6 Å². The van der Waals surface area contributed by atoms with Gasteiger partial charge in [-0.2, -0.15) is 13.2 Å². The zero-order chi connectivity index (χ0) is 15.8. The number of hydrogen-bond donors (Lipinski definition) is 0. The molecule has 116 valence electrons. The quantitative estimate of drug-likeness (QED) is 0.767. The summed E-state index contributed by atoms with van der Waals surface area (Å²) in [5.74, 6) is -0.377. The van der Waals surface area contributed by atoms with Gasteiger partial charge in [-0.05, 0) is 50.3 Å². The number of alkyl halides is 3. The van der Waals surface area contributed by atoms with Gasteiger partial charge in [0.2, 0.25) is 0 Å². The van der Waals surface area contributed by atoms with Crippen LogP contribution in [0.5, 0.6) is 0 Å². The topological polar surface area (TPSA) is 20.3 Å². The van der Waals surface area contributed by atoms with Crippen LogP contribution in [0.1, 0.15) is 35.7 Å². The Morgan fingerprint density at radius 2 is 2.05 bits per heavy atom. The van der Waals surface area contributed by atoms with E-state index in [9.17, 15) is 18.0 Å². The maximum atomic E-state index is 12.8. The van der Waals surface area contributed by atoms with Crippen LogP contribution in [-0.2, 0) is 0 Å². The third-order valence-corrected chi connectivity index (χ3v) is 4.68. The SMILES string of the molecule is Cc1ccc(C(=O)N(CC(F)(F)F)C(C)C2CC2)cc1Br. The summed E-state index contributed by atoms with van der Waals surface area (Å²) >= 11 is 3.31. The number of halogens is 4. The predicted octanol–water partition coefficient (Wildman–Crippen LogP) is 4.56. The molecule has 1 aliphatic carbocycles. The van der Waals surface area contributed by atoms with E-state index < -0.39 is 18.6 Å². The van der Waals surface area contributed by atoms with Gasteiger partial charge in [-0.1, -0.05) is 22.0 Å². The van der Waals surface area contributed by atoms with Crippen LogP contribution >= 0.6 is 15.9 Å². The van der Waals surface area contributed by atoms with E-state index in [0.29, 0.717) is 0 Å². The zero-order valence-corrected chi connectivity index (χ0v) is 13.5. The lowest BCUT2D eigenvalue weighted by atomic mass is 10.1. The van der Waals surface area contributed by atoms with Gasteiger partial charge in [-0.15, -0.1) is 0 Å². The van der Waals surface area contributed by atoms with E-state index in [-0.39, 0.29) is 17.5 Å². The summed E-state index contributed by atoms with van der Waals surface area (Å²) < 4.78 is 39.0. The predicted molar refractivity (Wildman–Crippen MR) is 78.2 cm³/mol. The summed E-state index contributed by atoms with van der Waals surface area (Å²) in [6.45, 7) is 2.36. The van der Waals surface area contributed by atoms with E-state index >= 15 is 0 Å². The van der Waals surface area contributed by atoms with Gasteiger partial charge < -0.3 is 4.90 Å². The summed E-state index contributed by atoms with van der Waals surface area (Å²) in [6.07, 6.45) is -2.61. The lowest BCUT2D eigenvalue weighted by Crippen LogP contribution is -2.45. The number of carbonyl (C=O) groups excluding carboxylic acids is 1. The molecule has 0 aromatic heterocycles. The van der Waals surface area contributed by atoms with Crippen molar-refractivity contribution in [2.45, 2.75) is 38.9 Å². The number of amides is 1. The Labute approximate surface area is 130 Å². The van der Waals surface area contributed by atoms with Gasteiger partial charge in [0.05, 0.1) is 0 Å². The average Bonchev–Trinajstić information content (AvgIpc) is 3.21. The molecule has 0 N–H and O–H groups in total. The van der Waals surface area contributed by atoms with Crippen LogP contribution in [0.25, 0.3) is 0 Å². The van der Waals surface area contributed by atoms with Gasteiger partial charge in [0.1, 0.15) is 6.54 Å². The van der Waals surface area contributed by atoms with Crippen LogP contribution in [0.2, 0.25) is 0 Å². The van der Waals surface area contributed by atoms with Gasteiger partial charge >= 0.3 is 6.18 Å². The van der Waals surface area contributed by atoms with Crippen molar-refractivity contribution in [1.82, 2.24) is 4.90 Å². The molecule has 1 aromatic rings. The highest BCUT2D eigenvalue weighted by molar-refractivity contribution is 9.10. The first-order chi connectivity index (χ1) is 9.69. The minimum atomic E-state index is -4.39. The van der Waals surface area contributed by atoms with Gasteiger partial charge in [0, 0.05) is 16.1 Å². The molecule has 1 amide bonds. The van der Waals surface area contributed by atoms with Gasteiger partial charge in [-0.25, -0.2) is 0 Å². The lowest BCUT2D eigenvalue weighted by Gasteiger charge is -2.30. The van der Waals surface area contributed by atoms with Gasteiger partial charge in [0.15, 0.2) is 0 Å². The van der Waals surface area contributed by atoms with E-state index in [4.69, 9.17) is 0 Å². The maximum absolute atomic E-state index is 12.8. The van der Waals surface area contributed by atoms with Crippen molar-refractivity contribution in [2.75, 3.05) is 6.54 Å². The van der Waals surface area contributed by atoms with Crippen LogP contribution in [0.3, 0.4) is 0 Å². The largest absolute Gasteiger partial charge is 0.406 e. The lowest BCUT2D eigenvalue weighted by molar-refractivity contribution is -0.144. The summed E-state index contributed by atoms with van der Waals surface area (Å²) in [7, 11) is 0. The normalized spacial score (nSPS) is 16.7. The molecule has 0 spiro atoms. The molecule has 0 bridgehead atoms. The molecule has 0 radical (unpaired) electrons. The Hall–Kier alpha value is -1.04. The highest BCUT2D eigenvalue weighted by atomic mass is 79.9. The minimum Gasteiger partial charge on any atom is -0.327 e. The van der Waals surface area contributed by atoms with E-state index in [1.165, 1.54) is 0 Å². The Bertz CT molecular complexity index is 540. The Morgan fingerprint density at radius 3 is 2.52 bits per heavy atom. The number of carbonyl (C=O) groups is 1. The molecular weight excluding hydrogens is 347 g/mol. The van der Waals surface area contributed by atoms with E-state index in [0.717, 1.165) is 27.8 Å². The second kappa shape index (κ2) is 5.99. The first-order valence-electron chi connectivity index (χ1n) is 6.83. The molecule has 2 nitrogen and oxygen atoms in total. The third-order valence-electron chi connectivity index (χ3n) is 3.83. The number of benzene rings is 1. The molecule has 21 heavy (non-hydrogen) atoms. The fourth-order valence-corrected chi connectivity index (χ4v) is 2.70. The van der Waals surface area contributed by atoms with Crippen molar-refractivity contribution in [3.8, 4) is 0 Å². The molecule has 1 fully saturated rings. The molecule has 2 rings (SSSR count). The van der Waals surface area contributed by atoms with Crippen molar-refractivity contribution in [2.24, 2.45) is 5.92 Å². The average molecular weight is 364 g/mol. The number of hydrogen-bond acceptors (Lipinski definition) is 1. The van der Waals surface area contributed by atoms with Gasteiger partial charge in [0.25, 0.3) is 5.91 Å². The van der Waals surface area contributed by atoms with Crippen LogP contribution < -0.4 is 0 Å². The summed E-state index contributed by atoms with van der Waals surface area (Å²) in [5, 5.41) is 0. The monoisotopic (exact) mass is 363 g/mol. The Morgan fingerprint density at radius 1 is 1.43 bits per heavy atom. The zero-order valence-electron chi connectivity index (χ0n) is 11.9. The number of aryl methyl sites for hydroxylation is 1. The second-order valence-electron chi connectivity index (χ2n) is 5.59. The summed E-state index contributed by atoms with van der Waals surface area (Å²) in [5.41, 5.74) is 1.22. The Kier molecular flexibility index (Phi) is 4.66. The molecule has 1 aliphatic rings. The molecule has 1 atom stereocenters. The molecule has 0 aliphatic heterocycles. The highest BCUT2D eigenvalue weighted by Gasteiger charge is 2.40. The molecule has 0 saturated heterocycles.